The lowest BCUT2D eigenvalue weighted by Gasteiger charge is -2.30. The van der Waals surface area contributed by atoms with Gasteiger partial charge in [-0.15, -0.1) is 0 Å². The van der Waals surface area contributed by atoms with Crippen LogP contribution < -0.4 is 5.43 Å². The van der Waals surface area contributed by atoms with E-state index >= 15 is 0 Å². The van der Waals surface area contributed by atoms with Crippen LogP contribution in [0.3, 0.4) is 0 Å². The van der Waals surface area contributed by atoms with Crippen LogP contribution >= 0.6 is 0 Å². The van der Waals surface area contributed by atoms with Gasteiger partial charge in [0, 0.05) is 19.1 Å². The van der Waals surface area contributed by atoms with Gasteiger partial charge in [-0.1, -0.05) is 19.3 Å². The highest BCUT2D eigenvalue weighted by atomic mass is 15.5. The van der Waals surface area contributed by atoms with Crippen molar-refractivity contribution in [2.75, 3.05) is 13.1 Å². The first-order chi connectivity index (χ1) is 5.47. The number of nitrogens with zero attached hydrogens (tertiary/aromatic N) is 1. The Morgan fingerprint density at radius 2 is 1.82 bits per heavy atom. The van der Waals surface area contributed by atoms with E-state index in [1.54, 1.807) is 0 Å². The first-order valence-corrected chi connectivity index (χ1v) is 4.97. The van der Waals surface area contributed by atoms with E-state index in [0.717, 1.165) is 6.04 Å². The van der Waals surface area contributed by atoms with E-state index in [0.29, 0.717) is 0 Å². The molecule has 1 saturated heterocycles. The fourth-order valence-corrected chi connectivity index (χ4v) is 2.26. The van der Waals surface area contributed by atoms with Crippen molar-refractivity contribution in [1.82, 2.24) is 10.4 Å². The number of nitrogens with one attached hydrogen (secondary N) is 1. The number of hydrogen-bond acceptors (Lipinski definition) is 2. The zero-order valence-corrected chi connectivity index (χ0v) is 7.18. The molecule has 2 nitrogen and oxygen atoms in total. The molecule has 64 valence electrons. The van der Waals surface area contributed by atoms with E-state index < -0.39 is 0 Å². The van der Waals surface area contributed by atoms with Gasteiger partial charge in [0.2, 0.25) is 0 Å². The molecule has 2 aliphatic rings. The van der Waals surface area contributed by atoms with Crippen molar-refractivity contribution < 1.29 is 0 Å². The van der Waals surface area contributed by atoms with Crippen molar-refractivity contribution in [2.45, 2.75) is 44.6 Å². The molecule has 2 fully saturated rings. The van der Waals surface area contributed by atoms with Gasteiger partial charge in [0.1, 0.15) is 0 Å². The zero-order chi connectivity index (χ0) is 7.52. The van der Waals surface area contributed by atoms with Crippen LogP contribution in [0.4, 0.5) is 0 Å². The zero-order valence-electron chi connectivity index (χ0n) is 7.18. The van der Waals surface area contributed by atoms with Gasteiger partial charge < -0.3 is 0 Å². The molecule has 2 heteroatoms. The summed E-state index contributed by atoms with van der Waals surface area (Å²) in [5.74, 6) is 0. The molecule has 0 unspecified atom stereocenters. The lowest BCUT2D eigenvalue weighted by molar-refractivity contribution is 0.137. The Labute approximate surface area is 68.9 Å². The van der Waals surface area contributed by atoms with Crippen molar-refractivity contribution in [2.24, 2.45) is 0 Å². The van der Waals surface area contributed by atoms with Gasteiger partial charge in [0.15, 0.2) is 0 Å². The summed E-state index contributed by atoms with van der Waals surface area (Å²) in [4.78, 5) is 0. The van der Waals surface area contributed by atoms with Crippen LogP contribution in [0, 0.1) is 0 Å². The Bertz CT molecular complexity index is 113. The molecule has 0 radical (unpaired) electrons. The second kappa shape index (κ2) is 3.55. The van der Waals surface area contributed by atoms with E-state index in [2.05, 4.69) is 10.4 Å². The van der Waals surface area contributed by atoms with Crippen LogP contribution in [0.15, 0.2) is 0 Å². The minimum atomic E-state index is 0.867. The first-order valence-electron chi connectivity index (χ1n) is 4.97. The summed E-state index contributed by atoms with van der Waals surface area (Å²) in [6.45, 7) is 2.49. The fourth-order valence-electron chi connectivity index (χ4n) is 2.26. The maximum atomic E-state index is 3.46. The molecule has 2 rings (SSSR count). The van der Waals surface area contributed by atoms with Crippen LogP contribution in [-0.4, -0.2) is 24.1 Å². The summed E-state index contributed by atoms with van der Waals surface area (Å²) in [5.41, 5.74) is 3.46. The Hall–Kier alpha value is -0.0800. The second-order valence-electron chi connectivity index (χ2n) is 3.75. The summed E-state index contributed by atoms with van der Waals surface area (Å²) in [6.07, 6.45) is 8.55. The van der Waals surface area contributed by atoms with Gasteiger partial charge in [-0.05, 0) is 19.3 Å². The smallest absolute Gasteiger partial charge is 0.0243 e. The molecule has 1 aliphatic heterocycles. The molecule has 0 amide bonds. The van der Waals surface area contributed by atoms with Gasteiger partial charge in [-0.25, -0.2) is 5.01 Å². The minimum absolute atomic E-state index is 0.867. The molecule has 1 heterocycles. The van der Waals surface area contributed by atoms with Gasteiger partial charge in [0.25, 0.3) is 0 Å². The largest absolute Gasteiger partial charge is 0.255 e. The molecule has 0 bridgehead atoms. The first kappa shape index (κ1) is 7.56. The maximum absolute atomic E-state index is 3.46. The minimum Gasteiger partial charge on any atom is -0.255 e. The second-order valence-corrected chi connectivity index (χ2v) is 3.75. The Kier molecular flexibility index (Phi) is 2.44. The lowest BCUT2D eigenvalue weighted by Crippen LogP contribution is -2.41. The third-order valence-electron chi connectivity index (χ3n) is 2.91. The van der Waals surface area contributed by atoms with Gasteiger partial charge in [0.05, 0.1) is 0 Å². The van der Waals surface area contributed by atoms with Crippen molar-refractivity contribution in [1.29, 1.82) is 0 Å². The monoisotopic (exact) mass is 154 g/mol. The number of hydrazine groups is 1. The predicted octanol–water partition coefficient (Wildman–Crippen LogP) is 1.53. The van der Waals surface area contributed by atoms with Gasteiger partial charge >= 0.3 is 0 Å². The van der Waals surface area contributed by atoms with Crippen LogP contribution in [0.1, 0.15) is 38.5 Å². The van der Waals surface area contributed by atoms with E-state index in [1.165, 1.54) is 51.6 Å². The molecule has 0 spiro atoms. The highest BCUT2D eigenvalue weighted by Crippen LogP contribution is 2.22. The maximum Gasteiger partial charge on any atom is 0.0243 e. The normalized spacial score (nSPS) is 29.5. The highest BCUT2D eigenvalue weighted by Gasteiger charge is 2.22. The fraction of sp³-hybridized carbons (Fsp3) is 1.00. The molecular formula is C9H18N2. The summed E-state index contributed by atoms with van der Waals surface area (Å²) in [6, 6.07) is 0.867. The summed E-state index contributed by atoms with van der Waals surface area (Å²) < 4.78 is 0. The van der Waals surface area contributed by atoms with Gasteiger partial charge in [-0.3, -0.25) is 5.43 Å². The molecule has 0 aromatic rings. The molecule has 0 aromatic heterocycles. The van der Waals surface area contributed by atoms with Crippen LogP contribution in [0.2, 0.25) is 0 Å². The molecule has 1 N–H and O–H groups in total. The van der Waals surface area contributed by atoms with Crippen molar-refractivity contribution >= 4 is 0 Å². The SMILES string of the molecule is C1CCC(N2CCCN2)CC1. The molecule has 11 heavy (non-hydrogen) atoms. The molecule has 0 atom stereocenters. The average Bonchev–Trinajstić information content (AvgIpc) is 2.58. The average molecular weight is 154 g/mol. The molecule has 1 aliphatic carbocycles. The van der Waals surface area contributed by atoms with Crippen molar-refractivity contribution in [3.05, 3.63) is 0 Å². The Morgan fingerprint density at radius 1 is 1.00 bits per heavy atom. The van der Waals surface area contributed by atoms with Crippen LogP contribution in [0.25, 0.3) is 0 Å². The number of rotatable bonds is 1. The van der Waals surface area contributed by atoms with Crippen LogP contribution in [-0.2, 0) is 0 Å². The Morgan fingerprint density at radius 3 is 2.45 bits per heavy atom. The molecular weight excluding hydrogens is 136 g/mol. The standard InChI is InChI=1S/C9H18N2/c1-2-5-9(6-3-1)11-8-4-7-10-11/h9-10H,1-8H2. The Balaban J connectivity index is 1.82. The topological polar surface area (TPSA) is 15.3 Å². The van der Waals surface area contributed by atoms with Crippen LogP contribution in [0.5, 0.6) is 0 Å². The molecule has 1 saturated carbocycles. The van der Waals surface area contributed by atoms with E-state index in [9.17, 15) is 0 Å². The number of hydrogen-bond donors (Lipinski definition) is 1. The quantitative estimate of drug-likeness (QED) is 0.616. The third-order valence-corrected chi connectivity index (χ3v) is 2.91. The van der Waals surface area contributed by atoms with E-state index in [-0.39, 0.29) is 0 Å². The summed E-state index contributed by atoms with van der Waals surface area (Å²) >= 11 is 0. The molecule has 0 aromatic carbocycles. The van der Waals surface area contributed by atoms with Crippen molar-refractivity contribution in [3.63, 3.8) is 0 Å². The van der Waals surface area contributed by atoms with Gasteiger partial charge in [-0.2, -0.15) is 0 Å². The summed E-state index contributed by atoms with van der Waals surface area (Å²) in [5, 5.41) is 2.47. The third kappa shape index (κ3) is 1.74. The predicted molar refractivity (Wildman–Crippen MR) is 46.2 cm³/mol. The highest BCUT2D eigenvalue weighted by molar-refractivity contribution is 4.76. The van der Waals surface area contributed by atoms with E-state index in [1.807, 2.05) is 0 Å². The summed E-state index contributed by atoms with van der Waals surface area (Å²) in [7, 11) is 0. The lowest BCUT2D eigenvalue weighted by atomic mass is 9.95. The van der Waals surface area contributed by atoms with Crippen molar-refractivity contribution in [3.8, 4) is 0 Å². The van der Waals surface area contributed by atoms with E-state index in [4.69, 9.17) is 0 Å².